The molecule has 3 aromatic rings. The number of carbonyl (C=O) groups is 1. The highest BCUT2D eigenvalue weighted by Gasteiger charge is 2.20. The van der Waals surface area contributed by atoms with Crippen LogP contribution in [0.3, 0.4) is 0 Å². The van der Waals surface area contributed by atoms with Crippen LogP contribution < -0.4 is 4.74 Å². The lowest BCUT2D eigenvalue weighted by Gasteiger charge is -2.15. The van der Waals surface area contributed by atoms with Crippen molar-refractivity contribution >= 4 is 29.2 Å². The van der Waals surface area contributed by atoms with E-state index in [-0.39, 0.29) is 22.9 Å². The number of aromatic nitrogens is 1. The number of aromatic carboxylic acids is 1. The Bertz CT molecular complexity index is 1060. The van der Waals surface area contributed by atoms with Crippen molar-refractivity contribution in [3.63, 3.8) is 0 Å². The summed E-state index contributed by atoms with van der Waals surface area (Å²) >= 11 is 12.1. The van der Waals surface area contributed by atoms with Crippen molar-refractivity contribution in [2.75, 3.05) is 0 Å². The molecule has 1 N–H and O–H groups in total. The summed E-state index contributed by atoms with van der Waals surface area (Å²) < 4.78 is 20.0. The zero-order valence-corrected chi connectivity index (χ0v) is 17.1. The summed E-state index contributed by atoms with van der Waals surface area (Å²) in [4.78, 5) is 16.4. The second kappa shape index (κ2) is 9.25. The van der Waals surface area contributed by atoms with Gasteiger partial charge in [0.25, 0.3) is 0 Å². The summed E-state index contributed by atoms with van der Waals surface area (Å²) in [6, 6.07) is 12.6. The molecule has 0 amide bonds. The maximum Gasteiger partial charge on any atom is 0.337 e. The summed E-state index contributed by atoms with van der Waals surface area (Å²) in [5.74, 6) is -1.28. The molecule has 0 aliphatic rings. The van der Waals surface area contributed by atoms with Crippen molar-refractivity contribution in [1.29, 1.82) is 0 Å². The first-order chi connectivity index (χ1) is 13.9. The maximum absolute atomic E-state index is 14.4. The summed E-state index contributed by atoms with van der Waals surface area (Å²) in [5, 5.41) is 10.3. The molecule has 1 heterocycles. The lowest BCUT2D eigenvalue weighted by atomic mass is 9.97. The number of ether oxygens (including phenoxy) is 1. The van der Waals surface area contributed by atoms with E-state index in [0.29, 0.717) is 34.0 Å². The molecule has 150 valence electrons. The second-order valence-electron chi connectivity index (χ2n) is 6.35. The van der Waals surface area contributed by atoms with E-state index in [1.54, 1.807) is 36.4 Å². The van der Waals surface area contributed by atoms with Crippen LogP contribution in [0.25, 0.3) is 11.1 Å². The highest BCUT2D eigenvalue weighted by Crippen LogP contribution is 2.33. The number of pyridine rings is 1. The number of carboxylic acids is 1. The molecular weight excluding hydrogens is 416 g/mol. The fraction of sp³-hybridized carbons (Fsp3) is 0.182. The van der Waals surface area contributed by atoms with Crippen molar-refractivity contribution in [2.45, 2.75) is 26.4 Å². The SMILES string of the molecule is CCCc1nc(COc2cccc(Cl)c2Cl)c(C(=O)O)cc1-c1ccccc1F. The van der Waals surface area contributed by atoms with E-state index in [9.17, 15) is 14.3 Å². The van der Waals surface area contributed by atoms with Crippen LogP contribution in [-0.2, 0) is 13.0 Å². The maximum atomic E-state index is 14.4. The molecule has 0 unspecified atom stereocenters. The molecule has 0 bridgehead atoms. The molecule has 3 rings (SSSR count). The van der Waals surface area contributed by atoms with E-state index in [0.717, 1.165) is 6.42 Å². The van der Waals surface area contributed by atoms with Gasteiger partial charge < -0.3 is 9.84 Å². The summed E-state index contributed by atoms with van der Waals surface area (Å²) in [6.45, 7) is 1.86. The smallest absolute Gasteiger partial charge is 0.337 e. The number of rotatable bonds is 7. The lowest BCUT2D eigenvalue weighted by molar-refractivity contribution is 0.0693. The molecule has 0 fully saturated rings. The van der Waals surface area contributed by atoms with Gasteiger partial charge in [-0.3, -0.25) is 4.98 Å². The van der Waals surface area contributed by atoms with Crippen molar-refractivity contribution < 1.29 is 19.0 Å². The monoisotopic (exact) mass is 433 g/mol. The van der Waals surface area contributed by atoms with Gasteiger partial charge in [0.05, 0.1) is 16.3 Å². The van der Waals surface area contributed by atoms with Crippen LogP contribution in [0.4, 0.5) is 4.39 Å². The van der Waals surface area contributed by atoms with Gasteiger partial charge in [-0.05, 0) is 30.7 Å². The van der Waals surface area contributed by atoms with Gasteiger partial charge in [-0.1, -0.05) is 60.8 Å². The van der Waals surface area contributed by atoms with Gasteiger partial charge in [-0.25, -0.2) is 9.18 Å². The highest BCUT2D eigenvalue weighted by molar-refractivity contribution is 6.42. The zero-order chi connectivity index (χ0) is 21.0. The van der Waals surface area contributed by atoms with Gasteiger partial charge in [0.1, 0.15) is 23.2 Å². The van der Waals surface area contributed by atoms with Crippen molar-refractivity contribution in [1.82, 2.24) is 4.98 Å². The number of benzene rings is 2. The van der Waals surface area contributed by atoms with Crippen LogP contribution in [0.2, 0.25) is 10.0 Å². The number of nitrogens with zero attached hydrogens (tertiary/aromatic N) is 1. The van der Waals surface area contributed by atoms with Crippen LogP contribution in [0.1, 0.15) is 35.1 Å². The van der Waals surface area contributed by atoms with Crippen molar-refractivity contribution in [3.05, 3.63) is 81.3 Å². The van der Waals surface area contributed by atoms with Crippen LogP contribution in [0, 0.1) is 5.82 Å². The van der Waals surface area contributed by atoms with Crippen LogP contribution in [0.15, 0.2) is 48.5 Å². The van der Waals surface area contributed by atoms with E-state index in [1.165, 1.54) is 12.1 Å². The Morgan fingerprint density at radius 1 is 1.10 bits per heavy atom. The van der Waals surface area contributed by atoms with Crippen LogP contribution in [-0.4, -0.2) is 16.1 Å². The topological polar surface area (TPSA) is 59.4 Å². The van der Waals surface area contributed by atoms with E-state index in [4.69, 9.17) is 27.9 Å². The zero-order valence-electron chi connectivity index (χ0n) is 15.6. The molecule has 2 aromatic carbocycles. The number of aryl methyl sites for hydroxylation is 1. The number of carboxylic acid groups (broad SMARTS) is 1. The fourth-order valence-corrected chi connectivity index (χ4v) is 3.32. The van der Waals surface area contributed by atoms with Gasteiger partial charge in [0, 0.05) is 16.8 Å². The Hall–Kier alpha value is -2.63. The summed E-state index contributed by atoms with van der Waals surface area (Å²) in [5.41, 5.74) is 1.57. The molecule has 1 aromatic heterocycles. The number of halogens is 3. The second-order valence-corrected chi connectivity index (χ2v) is 7.14. The molecule has 0 saturated carbocycles. The van der Waals surface area contributed by atoms with E-state index < -0.39 is 11.8 Å². The Labute approximate surface area is 177 Å². The molecule has 0 atom stereocenters. The Kier molecular flexibility index (Phi) is 6.72. The Balaban J connectivity index is 2.05. The minimum absolute atomic E-state index is 0.0544. The standard InChI is InChI=1S/C22H18Cl2FNO3/c1-2-6-18-14(13-7-3-4-9-17(13)25)11-15(22(27)28)19(26-18)12-29-20-10-5-8-16(23)21(20)24/h3-5,7-11H,2,6,12H2,1H3,(H,27,28). The average Bonchev–Trinajstić information content (AvgIpc) is 2.70. The minimum atomic E-state index is -1.17. The molecule has 4 nitrogen and oxygen atoms in total. The van der Waals surface area contributed by atoms with Gasteiger partial charge in [0.2, 0.25) is 0 Å². The van der Waals surface area contributed by atoms with Gasteiger partial charge in [0.15, 0.2) is 0 Å². The normalized spacial score (nSPS) is 10.8. The van der Waals surface area contributed by atoms with Gasteiger partial charge in [-0.15, -0.1) is 0 Å². The third-order valence-corrected chi connectivity index (χ3v) is 5.14. The van der Waals surface area contributed by atoms with Crippen LogP contribution >= 0.6 is 23.2 Å². The molecule has 0 saturated heterocycles. The third kappa shape index (κ3) is 4.69. The first kappa shape index (κ1) is 21.1. The van der Waals surface area contributed by atoms with E-state index >= 15 is 0 Å². The Morgan fingerprint density at radius 3 is 2.55 bits per heavy atom. The summed E-state index contributed by atoms with van der Waals surface area (Å²) in [6.07, 6.45) is 1.33. The average molecular weight is 434 g/mol. The molecule has 29 heavy (non-hydrogen) atoms. The molecule has 0 aliphatic carbocycles. The van der Waals surface area contributed by atoms with Gasteiger partial charge in [-0.2, -0.15) is 0 Å². The first-order valence-corrected chi connectivity index (χ1v) is 9.75. The fourth-order valence-electron chi connectivity index (χ4n) is 2.97. The predicted molar refractivity (Wildman–Crippen MR) is 111 cm³/mol. The highest BCUT2D eigenvalue weighted by atomic mass is 35.5. The Morgan fingerprint density at radius 2 is 1.86 bits per heavy atom. The summed E-state index contributed by atoms with van der Waals surface area (Å²) in [7, 11) is 0. The van der Waals surface area contributed by atoms with Crippen molar-refractivity contribution in [3.8, 4) is 16.9 Å². The predicted octanol–water partition coefficient (Wildman–Crippen LogP) is 6.42. The molecule has 7 heteroatoms. The van der Waals surface area contributed by atoms with Crippen LogP contribution in [0.5, 0.6) is 5.75 Å². The van der Waals surface area contributed by atoms with E-state index in [2.05, 4.69) is 4.98 Å². The van der Waals surface area contributed by atoms with Crippen molar-refractivity contribution in [2.24, 2.45) is 0 Å². The molecule has 0 spiro atoms. The first-order valence-electron chi connectivity index (χ1n) is 9.00. The number of hydrogen-bond donors (Lipinski definition) is 1. The van der Waals surface area contributed by atoms with E-state index in [1.807, 2.05) is 6.92 Å². The third-order valence-electron chi connectivity index (χ3n) is 4.34. The largest absolute Gasteiger partial charge is 0.486 e. The minimum Gasteiger partial charge on any atom is -0.486 e. The molecule has 0 aliphatic heterocycles. The molecule has 0 radical (unpaired) electrons. The quantitative estimate of drug-likeness (QED) is 0.466. The number of hydrogen-bond acceptors (Lipinski definition) is 3. The van der Waals surface area contributed by atoms with Gasteiger partial charge >= 0.3 is 5.97 Å². The molecular formula is C22H18Cl2FNO3. The lowest BCUT2D eigenvalue weighted by Crippen LogP contribution is -2.12.